The Morgan fingerprint density at radius 1 is 1.45 bits per heavy atom. The highest BCUT2D eigenvalue weighted by molar-refractivity contribution is 7.94. The number of halogens is 3. The third kappa shape index (κ3) is 4.55. The molecular weight excluding hydrogens is 327 g/mol. The quantitative estimate of drug-likeness (QED) is 0.847. The molecule has 0 bridgehead atoms. The van der Waals surface area contributed by atoms with Crippen molar-refractivity contribution in [3.05, 3.63) is 23.2 Å². The van der Waals surface area contributed by atoms with Crippen molar-refractivity contribution < 1.29 is 30.9 Å². The number of rotatable bonds is 5. The molecule has 1 aromatic heterocycles. The Hall–Kier alpha value is -1.91. The summed E-state index contributed by atoms with van der Waals surface area (Å²) in [4.78, 5) is 14.7. The lowest BCUT2D eigenvalue weighted by atomic mass is 10.1. The Morgan fingerprint density at radius 3 is 2.73 bits per heavy atom. The number of amides is 1. The zero-order valence-electron chi connectivity index (χ0n) is 11.1. The van der Waals surface area contributed by atoms with Crippen molar-refractivity contribution in [2.24, 2.45) is 5.92 Å². The molecule has 1 aliphatic heterocycles. The van der Waals surface area contributed by atoms with Crippen molar-refractivity contribution in [3.63, 3.8) is 0 Å². The van der Waals surface area contributed by atoms with E-state index in [0.717, 1.165) is 5.41 Å². The lowest BCUT2D eigenvalue weighted by Gasteiger charge is -2.07. The largest absolute Gasteiger partial charge is 0.471 e. The molecule has 0 saturated carbocycles. The van der Waals surface area contributed by atoms with Gasteiger partial charge in [-0.15, -0.1) is 0 Å². The monoisotopic (exact) mass is 339 g/mol. The van der Waals surface area contributed by atoms with Gasteiger partial charge in [-0.3, -0.25) is 4.79 Å². The number of nitrogens with one attached hydrogen (secondary N) is 1. The van der Waals surface area contributed by atoms with E-state index in [-0.39, 0.29) is 36.9 Å². The number of hydrogen-bond acceptors (Lipinski definition) is 6. The van der Waals surface area contributed by atoms with Crippen LogP contribution in [0.15, 0.2) is 16.0 Å². The topological polar surface area (TPSA) is 102 Å². The van der Waals surface area contributed by atoms with Gasteiger partial charge in [0, 0.05) is 30.7 Å². The maximum absolute atomic E-state index is 12.2. The molecule has 2 heterocycles. The number of carbonyl (C=O) groups excluding carboxylic acids is 1. The molecule has 122 valence electrons. The summed E-state index contributed by atoms with van der Waals surface area (Å²) in [6.45, 7) is 0.0266. The van der Waals surface area contributed by atoms with Crippen LogP contribution < -0.4 is 5.32 Å². The van der Waals surface area contributed by atoms with Gasteiger partial charge in [-0.05, 0) is 0 Å². The summed E-state index contributed by atoms with van der Waals surface area (Å²) in [6.07, 6.45) is -3.28. The molecule has 1 unspecified atom stereocenters. The van der Waals surface area contributed by atoms with Crippen LogP contribution in [0, 0.1) is 5.92 Å². The summed E-state index contributed by atoms with van der Waals surface area (Å²) in [5.41, 5.74) is 0. The van der Waals surface area contributed by atoms with Gasteiger partial charge in [0.05, 0.1) is 5.75 Å². The average Bonchev–Trinajstić information content (AvgIpc) is 2.95. The normalized spacial score (nSPS) is 20.2. The van der Waals surface area contributed by atoms with E-state index in [1.165, 1.54) is 6.08 Å². The van der Waals surface area contributed by atoms with Crippen LogP contribution in [0.2, 0.25) is 0 Å². The molecule has 1 N–H and O–H groups in total. The molecule has 1 atom stereocenters. The van der Waals surface area contributed by atoms with Crippen molar-refractivity contribution in [1.29, 1.82) is 0 Å². The minimum Gasteiger partial charge on any atom is -0.356 e. The van der Waals surface area contributed by atoms with Crippen molar-refractivity contribution >= 4 is 15.7 Å². The fourth-order valence-electron chi connectivity index (χ4n) is 1.86. The summed E-state index contributed by atoms with van der Waals surface area (Å²) in [5.74, 6) is -2.50. The smallest absolute Gasteiger partial charge is 0.356 e. The van der Waals surface area contributed by atoms with E-state index < -0.39 is 27.8 Å². The van der Waals surface area contributed by atoms with E-state index in [1.807, 2.05) is 0 Å². The highest BCUT2D eigenvalue weighted by Gasteiger charge is 2.38. The summed E-state index contributed by atoms with van der Waals surface area (Å²) in [6, 6.07) is 0. The first-order chi connectivity index (χ1) is 10.2. The molecule has 0 aromatic carbocycles. The van der Waals surface area contributed by atoms with Crippen LogP contribution in [-0.4, -0.2) is 36.8 Å². The highest BCUT2D eigenvalue weighted by Crippen LogP contribution is 2.27. The van der Waals surface area contributed by atoms with Gasteiger partial charge in [0.2, 0.25) is 5.91 Å². The van der Waals surface area contributed by atoms with Gasteiger partial charge in [-0.25, -0.2) is 8.42 Å². The first-order valence-electron chi connectivity index (χ1n) is 6.23. The molecule has 0 fully saturated rings. The Labute approximate surface area is 123 Å². The van der Waals surface area contributed by atoms with E-state index >= 15 is 0 Å². The second kappa shape index (κ2) is 6.07. The van der Waals surface area contributed by atoms with Crippen molar-refractivity contribution in [1.82, 2.24) is 15.5 Å². The van der Waals surface area contributed by atoms with E-state index in [4.69, 9.17) is 0 Å². The molecule has 0 spiro atoms. The number of nitrogens with zero attached hydrogens (tertiary/aromatic N) is 2. The molecule has 7 nitrogen and oxygen atoms in total. The SMILES string of the molecule is O=C(CC1C=CS(=O)(=O)C1)NCCc1noc(C(F)(F)F)n1. The molecule has 1 amide bonds. The number of aromatic nitrogens is 2. The lowest BCUT2D eigenvalue weighted by molar-refractivity contribution is -0.159. The van der Waals surface area contributed by atoms with Gasteiger partial charge in [0.1, 0.15) is 0 Å². The minimum absolute atomic E-state index is 0.00419. The molecule has 1 aliphatic rings. The molecule has 0 aliphatic carbocycles. The molecular formula is C11H12F3N3O4S. The second-order valence-electron chi connectivity index (χ2n) is 4.74. The van der Waals surface area contributed by atoms with Crippen LogP contribution in [0.25, 0.3) is 0 Å². The summed E-state index contributed by atoms with van der Waals surface area (Å²) in [5, 5.41) is 6.69. The van der Waals surface area contributed by atoms with E-state index in [2.05, 4.69) is 20.0 Å². The third-order valence-corrected chi connectivity index (χ3v) is 4.30. The number of alkyl halides is 3. The summed E-state index contributed by atoms with van der Waals surface area (Å²) in [7, 11) is -3.22. The highest BCUT2D eigenvalue weighted by atomic mass is 32.2. The number of allylic oxidation sites excluding steroid dienone is 1. The predicted octanol–water partition coefficient (Wildman–Crippen LogP) is 0.695. The van der Waals surface area contributed by atoms with Crippen LogP contribution in [0.5, 0.6) is 0 Å². The van der Waals surface area contributed by atoms with Crippen LogP contribution in [0.3, 0.4) is 0 Å². The maximum atomic E-state index is 12.2. The Bertz CT molecular complexity index is 681. The number of carbonyl (C=O) groups is 1. The van der Waals surface area contributed by atoms with Crippen molar-refractivity contribution in [3.8, 4) is 0 Å². The standard InChI is InChI=1S/C11H12F3N3O4S/c12-11(13,14)10-16-8(17-21-10)1-3-15-9(18)5-7-2-4-22(19,20)6-7/h2,4,7H,1,3,5-6H2,(H,15,18). The van der Waals surface area contributed by atoms with Gasteiger partial charge in [-0.1, -0.05) is 11.2 Å². The number of sulfone groups is 1. The third-order valence-electron chi connectivity index (χ3n) is 2.83. The molecule has 22 heavy (non-hydrogen) atoms. The Balaban J connectivity index is 1.74. The zero-order chi connectivity index (χ0) is 16.4. The Kier molecular flexibility index (Phi) is 4.54. The van der Waals surface area contributed by atoms with Crippen LogP contribution in [-0.2, 0) is 27.2 Å². The molecule has 0 saturated heterocycles. The van der Waals surface area contributed by atoms with Crippen LogP contribution >= 0.6 is 0 Å². The predicted molar refractivity (Wildman–Crippen MR) is 67.0 cm³/mol. The molecule has 11 heteroatoms. The van der Waals surface area contributed by atoms with Crippen LogP contribution in [0.1, 0.15) is 18.1 Å². The van der Waals surface area contributed by atoms with E-state index in [9.17, 15) is 26.4 Å². The van der Waals surface area contributed by atoms with Crippen LogP contribution in [0.4, 0.5) is 13.2 Å². The van der Waals surface area contributed by atoms with E-state index in [1.54, 1.807) is 0 Å². The number of hydrogen-bond donors (Lipinski definition) is 1. The first-order valence-corrected chi connectivity index (χ1v) is 7.95. The average molecular weight is 339 g/mol. The van der Waals surface area contributed by atoms with Gasteiger partial charge < -0.3 is 9.84 Å². The van der Waals surface area contributed by atoms with Gasteiger partial charge in [0.25, 0.3) is 0 Å². The summed E-state index contributed by atoms with van der Waals surface area (Å²) < 4.78 is 63.0. The Morgan fingerprint density at radius 2 is 2.18 bits per heavy atom. The van der Waals surface area contributed by atoms with Gasteiger partial charge >= 0.3 is 12.1 Å². The second-order valence-corrected chi connectivity index (χ2v) is 6.67. The van der Waals surface area contributed by atoms with Crippen molar-refractivity contribution in [2.75, 3.05) is 12.3 Å². The maximum Gasteiger partial charge on any atom is 0.471 e. The van der Waals surface area contributed by atoms with Crippen molar-refractivity contribution in [2.45, 2.75) is 19.0 Å². The fourth-order valence-corrected chi connectivity index (χ4v) is 3.26. The molecule has 0 radical (unpaired) electrons. The fraction of sp³-hybridized carbons (Fsp3) is 0.545. The minimum atomic E-state index is -4.70. The van der Waals surface area contributed by atoms with E-state index in [0.29, 0.717) is 0 Å². The summed E-state index contributed by atoms with van der Waals surface area (Å²) >= 11 is 0. The zero-order valence-corrected chi connectivity index (χ0v) is 11.9. The lowest BCUT2D eigenvalue weighted by Crippen LogP contribution is -2.28. The molecule has 1 aromatic rings. The first kappa shape index (κ1) is 16.5. The molecule has 2 rings (SSSR count). The van der Waals surface area contributed by atoms with Gasteiger partial charge in [-0.2, -0.15) is 18.2 Å². The van der Waals surface area contributed by atoms with Gasteiger partial charge in [0.15, 0.2) is 15.7 Å².